The second-order valence-electron chi connectivity index (χ2n) is 5.35. The van der Waals surface area contributed by atoms with Gasteiger partial charge in [-0.05, 0) is 43.5 Å². The Balaban J connectivity index is 2.09. The molecule has 0 aliphatic rings. The van der Waals surface area contributed by atoms with Crippen LogP contribution in [0.3, 0.4) is 0 Å². The number of benzene rings is 2. The van der Waals surface area contributed by atoms with Crippen molar-refractivity contribution < 1.29 is 5.11 Å². The molecule has 2 atom stereocenters. The Morgan fingerprint density at radius 3 is 2.05 bits per heavy atom. The minimum absolute atomic E-state index is 0.298. The van der Waals surface area contributed by atoms with Crippen LogP contribution in [0.2, 0.25) is 0 Å². The monoisotopic (exact) mass is 269 g/mol. The lowest BCUT2D eigenvalue weighted by molar-refractivity contribution is 0.453. The molecular weight excluding hydrogens is 246 g/mol. The van der Waals surface area contributed by atoms with E-state index in [1.807, 2.05) is 12.1 Å². The zero-order valence-electron chi connectivity index (χ0n) is 12.4. The van der Waals surface area contributed by atoms with Crippen LogP contribution in [0, 0.1) is 6.92 Å². The zero-order chi connectivity index (χ0) is 14.5. The fourth-order valence-electron chi connectivity index (χ4n) is 2.41. The van der Waals surface area contributed by atoms with E-state index in [2.05, 4.69) is 50.4 Å². The van der Waals surface area contributed by atoms with Crippen molar-refractivity contribution in [1.29, 1.82) is 0 Å². The molecule has 0 saturated heterocycles. The van der Waals surface area contributed by atoms with Gasteiger partial charge in [-0.15, -0.1) is 0 Å². The molecule has 2 aromatic rings. The highest BCUT2D eigenvalue weighted by Crippen LogP contribution is 2.23. The second-order valence-corrected chi connectivity index (χ2v) is 5.35. The van der Waals surface area contributed by atoms with Crippen molar-refractivity contribution in [1.82, 2.24) is 5.32 Å². The van der Waals surface area contributed by atoms with E-state index in [9.17, 15) is 5.11 Å². The molecule has 0 aliphatic heterocycles. The van der Waals surface area contributed by atoms with Crippen molar-refractivity contribution in [3.05, 3.63) is 65.2 Å². The van der Waals surface area contributed by atoms with Crippen molar-refractivity contribution in [3.63, 3.8) is 0 Å². The average Bonchev–Trinajstić information content (AvgIpc) is 2.46. The molecule has 0 amide bonds. The molecule has 0 radical (unpaired) electrons. The summed E-state index contributed by atoms with van der Waals surface area (Å²) in [6.45, 7) is 6.47. The Labute approximate surface area is 121 Å². The third-order valence-electron chi connectivity index (χ3n) is 3.73. The predicted molar refractivity (Wildman–Crippen MR) is 83.9 cm³/mol. The second kappa shape index (κ2) is 6.58. The molecule has 0 aromatic heterocycles. The van der Waals surface area contributed by atoms with Gasteiger partial charge in [-0.2, -0.15) is 0 Å². The van der Waals surface area contributed by atoms with Gasteiger partial charge < -0.3 is 10.4 Å². The third kappa shape index (κ3) is 3.61. The van der Waals surface area contributed by atoms with Gasteiger partial charge in [0.25, 0.3) is 0 Å². The molecule has 0 aliphatic carbocycles. The van der Waals surface area contributed by atoms with E-state index in [4.69, 9.17) is 0 Å². The van der Waals surface area contributed by atoms with Gasteiger partial charge in [0.1, 0.15) is 5.75 Å². The zero-order valence-corrected chi connectivity index (χ0v) is 12.4. The Morgan fingerprint density at radius 2 is 1.50 bits per heavy atom. The molecule has 0 spiro atoms. The Hall–Kier alpha value is -1.80. The van der Waals surface area contributed by atoms with Crippen LogP contribution in [0.25, 0.3) is 0 Å². The molecule has 2 nitrogen and oxygen atoms in total. The van der Waals surface area contributed by atoms with Gasteiger partial charge in [-0.1, -0.05) is 48.9 Å². The smallest absolute Gasteiger partial charge is 0.115 e. The van der Waals surface area contributed by atoms with Gasteiger partial charge in [-0.3, -0.25) is 0 Å². The summed E-state index contributed by atoms with van der Waals surface area (Å²) in [5.41, 5.74) is 3.80. The topological polar surface area (TPSA) is 32.3 Å². The Kier molecular flexibility index (Phi) is 4.80. The predicted octanol–water partition coefficient (Wildman–Crippen LogP) is 4.50. The first-order valence-corrected chi connectivity index (χ1v) is 7.21. The van der Waals surface area contributed by atoms with E-state index in [-0.39, 0.29) is 0 Å². The fraction of sp³-hybridized carbons (Fsp3) is 0.333. The summed E-state index contributed by atoms with van der Waals surface area (Å²) in [5, 5.41) is 13.0. The van der Waals surface area contributed by atoms with E-state index < -0.39 is 0 Å². The van der Waals surface area contributed by atoms with Crippen molar-refractivity contribution in [2.24, 2.45) is 0 Å². The average molecular weight is 269 g/mol. The number of rotatable bonds is 5. The number of aryl methyl sites for hydroxylation is 1. The van der Waals surface area contributed by atoms with Crippen molar-refractivity contribution in [2.45, 2.75) is 39.3 Å². The summed E-state index contributed by atoms with van der Waals surface area (Å²) in [5.74, 6) is 0.315. The number of nitrogens with one attached hydrogen (secondary N) is 1. The molecule has 20 heavy (non-hydrogen) atoms. The molecule has 0 heterocycles. The van der Waals surface area contributed by atoms with E-state index in [1.54, 1.807) is 12.1 Å². The maximum Gasteiger partial charge on any atom is 0.115 e. The highest BCUT2D eigenvalue weighted by atomic mass is 16.3. The summed E-state index contributed by atoms with van der Waals surface area (Å²) in [6, 6.07) is 16.7. The van der Waals surface area contributed by atoms with Gasteiger partial charge in [0, 0.05) is 12.1 Å². The van der Waals surface area contributed by atoms with Crippen molar-refractivity contribution in [3.8, 4) is 5.75 Å². The number of hydrogen-bond donors (Lipinski definition) is 2. The summed E-state index contributed by atoms with van der Waals surface area (Å²) in [6.07, 6.45) is 1.01. The SMILES string of the molecule is CCC(N[C@@H](C)c1ccc(C)cc1)c1ccc(O)cc1. The molecule has 0 saturated carbocycles. The van der Waals surface area contributed by atoms with E-state index in [1.165, 1.54) is 16.7 Å². The molecule has 0 fully saturated rings. The van der Waals surface area contributed by atoms with E-state index in [0.717, 1.165) is 6.42 Å². The lowest BCUT2D eigenvalue weighted by atomic mass is 10.0. The third-order valence-corrected chi connectivity index (χ3v) is 3.73. The minimum Gasteiger partial charge on any atom is -0.508 e. The summed E-state index contributed by atoms with van der Waals surface area (Å²) in [7, 11) is 0. The Bertz CT molecular complexity index is 530. The number of hydrogen-bond acceptors (Lipinski definition) is 2. The van der Waals surface area contributed by atoms with Gasteiger partial charge >= 0.3 is 0 Å². The summed E-state index contributed by atoms with van der Waals surface area (Å²) < 4.78 is 0. The van der Waals surface area contributed by atoms with Crippen LogP contribution in [0.4, 0.5) is 0 Å². The largest absolute Gasteiger partial charge is 0.508 e. The lowest BCUT2D eigenvalue weighted by Crippen LogP contribution is -2.24. The molecule has 106 valence electrons. The molecule has 2 aromatic carbocycles. The normalized spacial score (nSPS) is 13.9. The van der Waals surface area contributed by atoms with Crippen molar-refractivity contribution in [2.75, 3.05) is 0 Å². The lowest BCUT2D eigenvalue weighted by Gasteiger charge is -2.23. The fourth-order valence-corrected chi connectivity index (χ4v) is 2.41. The highest BCUT2D eigenvalue weighted by molar-refractivity contribution is 5.29. The van der Waals surface area contributed by atoms with Gasteiger partial charge in [0.15, 0.2) is 0 Å². The molecule has 1 unspecified atom stereocenters. The van der Waals surface area contributed by atoms with Gasteiger partial charge in [-0.25, -0.2) is 0 Å². The minimum atomic E-state index is 0.298. The first-order chi connectivity index (χ1) is 9.60. The van der Waals surface area contributed by atoms with Crippen LogP contribution in [0.15, 0.2) is 48.5 Å². The van der Waals surface area contributed by atoms with Crippen LogP contribution >= 0.6 is 0 Å². The van der Waals surface area contributed by atoms with Gasteiger partial charge in [0.05, 0.1) is 0 Å². The molecule has 2 rings (SSSR count). The van der Waals surface area contributed by atoms with Crippen molar-refractivity contribution >= 4 is 0 Å². The number of aromatic hydroxyl groups is 1. The van der Waals surface area contributed by atoms with Crippen LogP contribution in [-0.4, -0.2) is 5.11 Å². The molecule has 2 heteroatoms. The maximum atomic E-state index is 9.38. The van der Waals surface area contributed by atoms with E-state index in [0.29, 0.717) is 17.8 Å². The molecule has 0 bridgehead atoms. The number of phenols is 1. The molecule has 2 N–H and O–H groups in total. The van der Waals surface area contributed by atoms with Crippen LogP contribution in [-0.2, 0) is 0 Å². The van der Waals surface area contributed by atoms with Crippen LogP contribution in [0.5, 0.6) is 5.75 Å². The molecular formula is C18H23NO. The van der Waals surface area contributed by atoms with Gasteiger partial charge in [0.2, 0.25) is 0 Å². The van der Waals surface area contributed by atoms with Crippen LogP contribution in [0.1, 0.15) is 49.0 Å². The Morgan fingerprint density at radius 1 is 0.950 bits per heavy atom. The van der Waals surface area contributed by atoms with E-state index >= 15 is 0 Å². The standard InChI is InChI=1S/C18H23NO/c1-4-18(16-9-11-17(20)12-10-16)19-14(3)15-7-5-13(2)6-8-15/h5-12,14,18-20H,4H2,1-3H3/t14-,18?/m0/s1. The first-order valence-electron chi connectivity index (χ1n) is 7.21. The summed E-state index contributed by atoms with van der Waals surface area (Å²) >= 11 is 0. The summed E-state index contributed by atoms with van der Waals surface area (Å²) in [4.78, 5) is 0. The maximum absolute atomic E-state index is 9.38. The van der Waals surface area contributed by atoms with Crippen LogP contribution < -0.4 is 5.32 Å². The highest BCUT2D eigenvalue weighted by Gasteiger charge is 2.13. The quantitative estimate of drug-likeness (QED) is 0.837. The number of phenolic OH excluding ortho intramolecular Hbond substituents is 1. The first kappa shape index (κ1) is 14.6.